The van der Waals surface area contributed by atoms with Crippen LogP contribution in [0.5, 0.6) is 0 Å². The van der Waals surface area contributed by atoms with Gasteiger partial charge in [-0.25, -0.2) is 4.98 Å². The van der Waals surface area contributed by atoms with Crippen molar-refractivity contribution in [2.45, 2.75) is 26.5 Å². The van der Waals surface area contributed by atoms with Gasteiger partial charge in [-0.2, -0.15) is 0 Å². The summed E-state index contributed by atoms with van der Waals surface area (Å²) in [5.74, 6) is 0.284. The fourth-order valence-electron chi connectivity index (χ4n) is 1.75. The second-order valence-electron chi connectivity index (χ2n) is 4.66. The summed E-state index contributed by atoms with van der Waals surface area (Å²) in [5, 5.41) is 14.1. The largest absolute Gasteiger partial charge is 0.392 e. The second kappa shape index (κ2) is 5.29. The molecule has 17 heavy (non-hydrogen) atoms. The number of pyridine rings is 1. The quantitative estimate of drug-likeness (QED) is 0.736. The summed E-state index contributed by atoms with van der Waals surface area (Å²) in [6, 6.07) is 3.98. The van der Waals surface area contributed by atoms with Crippen LogP contribution in [0.2, 0.25) is 0 Å². The highest BCUT2D eigenvalue weighted by molar-refractivity contribution is 5.79. The number of aromatic nitrogens is 2. The molecule has 2 heterocycles. The van der Waals surface area contributed by atoms with Crippen LogP contribution >= 0.6 is 0 Å². The topological polar surface area (TPSA) is 60.9 Å². The minimum absolute atomic E-state index is 0.284. The van der Waals surface area contributed by atoms with Gasteiger partial charge in [-0.05, 0) is 23.6 Å². The van der Waals surface area contributed by atoms with Crippen molar-refractivity contribution in [1.82, 2.24) is 15.3 Å². The van der Waals surface area contributed by atoms with Gasteiger partial charge in [0.05, 0.1) is 6.10 Å². The van der Waals surface area contributed by atoms with E-state index in [-0.39, 0.29) is 12.0 Å². The average molecular weight is 233 g/mol. The van der Waals surface area contributed by atoms with Crippen molar-refractivity contribution in [2.24, 2.45) is 5.92 Å². The molecule has 0 aromatic carbocycles. The molecule has 0 aliphatic heterocycles. The number of H-pyrrole nitrogens is 1. The molecule has 0 amide bonds. The summed E-state index contributed by atoms with van der Waals surface area (Å²) >= 11 is 0. The smallest absolute Gasteiger partial charge is 0.137 e. The monoisotopic (exact) mass is 233 g/mol. The number of aliphatic hydroxyl groups is 1. The maximum Gasteiger partial charge on any atom is 0.137 e. The maximum absolute atomic E-state index is 9.69. The summed E-state index contributed by atoms with van der Waals surface area (Å²) in [6.45, 7) is 5.39. The highest BCUT2D eigenvalue weighted by Gasteiger charge is 2.09. The molecule has 0 saturated heterocycles. The number of nitrogens with zero attached hydrogens (tertiary/aromatic N) is 1. The van der Waals surface area contributed by atoms with Crippen LogP contribution in [0.3, 0.4) is 0 Å². The lowest BCUT2D eigenvalue weighted by Crippen LogP contribution is -2.30. The van der Waals surface area contributed by atoms with Crippen molar-refractivity contribution < 1.29 is 5.11 Å². The summed E-state index contributed by atoms with van der Waals surface area (Å²) in [5.41, 5.74) is 2.10. The van der Waals surface area contributed by atoms with Crippen LogP contribution in [0.15, 0.2) is 24.5 Å². The molecule has 92 valence electrons. The molecular weight excluding hydrogens is 214 g/mol. The van der Waals surface area contributed by atoms with Crippen molar-refractivity contribution in [1.29, 1.82) is 0 Å². The van der Waals surface area contributed by atoms with Gasteiger partial charge >= 0.3 is 0 Å². The van der Waals surface area contributed by atoms with Gasteiger partial charge in [0.15, 0.2) is 0 Å². The van der Waals surface area contributed by atoms with E-state index in [4.69, 9.17) is 0 Å². The molecule has 4 nitrogen and oxygen atoms in total. The molecule has 2 aromatic heterocycles. The van der Waals surface area contributed by atoms with Crippen LogP contribution in [0, 0.1) is 5.92 Å². The Labute approximate surface area is 101 Å². The number of aromatic amines is 1. The van der Waals surface area contributed by atoms with Crippen LogP contribution in [-0.2, 0) is 6.54 Å². The Hall–Kier alpha value is -1.39. The number of hydrogen-bond donors (Lipinski definition) is 3. The number of rotatable bonds is 5. The van der Waals surface area contributed by atoms with E-state index < -0.39 is 0 Å². The minimum atomic E-state index is -0.293. The molecule has 0 aliphatic carbocycles. The van der Waals surface area contributed by atoms with Gasteiger partial charge in [0.25, 0.3) is 0 Å². The van der Waals surface area contributed by atoms with E-state index in [0.717, 1.165) is 17.6 Å². The van der Waals surface area contributed by atoms with Gasteiger partial charge in [-0.15, -0.1) is 0 Å². The first-order valence-electron chi connectivity index (χ1n) is 5.98. The fraction of sp³-hybridized carbons (Fsp3) is 0.462. The van der Waals surface area contributed by atoms with Crippen molar-refractivity contribution >= 4 is 11.0 Å². The van der Waals surface area contributed by atoms with Crippen LogP contribution in [0.4, 0.5) is 0 Å². The molecule has 1 atom stereocenters. The SMILES string of the molecule is CC(C)C(O)CNCc1c[nH]c2ncccc12. The van der Waals surface area contributed by atoms with Gasteiger partial charge in [0.1, 0.15) is 5.65 Å². The summed E-state index contributed by atoms with van der Waals surface area (Å²) < 4.78 is 0. The van der Waals surface area contributed by atoms with Gasteiger partial charge < -0.3 is 15.4 Å². The third-order valence-electron chi connectivity index (χ3n) is 2.98. The predicted molar refractivity (Wildman–Crippen MR) is 68.6 cm³/mol. The molecule has 0 bridgehead atoms. The van der Waals surface area contributed by atoms with Crippen molar-refractivity contribution in [3.05, 3.63) is 30.1 Å². The highest BCUT2D eigenvalue weighted by atomic mass is 16.3. The standard InChI is InChI=1S/C13H19N3O/c1-9(2)12(17)8-14-6-10-7-16-13-11(10)4-3-5-15-13/h3-5,7,9,12,14,17H,6,8H2,1-2H3,(H,15,16). The normalized spacial score (nSPS) is 13.4. The zero-order valence-corrected chi connectivity index (χ0v) is 10.3. The van der Waals surface area contributed by atoms with E-state index in [1.165, 1.54) is 5.56 Å². The predicted octanol–water partition coefficient (Wildman–Crippen LogP) is 1.67. The zero-order chi connectivity index (χ0) is 12.3. The molecule has 2 rings (SSSR count). The van der Waals surface area contributed by atoms with Crippen molar-refractivity contribution in [3.63, 3.8) is 0 Å². The Morgan fingerprint density at radius 3 is 3.06 bits per heavy atom. The number of fused-ring (bicyclic) bond motifs is 1. The van der Waals surface area contributed by atoms with Crippen LogP contribution in [-0.4, -0.2) is 27.7 Å². The fourth-order valence-corrected chi connectivity index (χ4v) is 1.75. The Morgan fingerprint density at radius 2 is 2.29 bits per heavy atom. The first-order chi connectivity index (χ1) is 8.18. The van der Waals surface area contributed by atoms with Crippen LogP contribution in [0.25, 0.3) is 11.0 Å². The Balaban J connectivity index is 1.95. The molecule has 0 fully saturated rings. The molecule has 0 spiro atoms. The third kappa shape index (κ3) is 2.84. The molecule has 0 radical (unpaired) electrons. The average Bonchev–Trinajstić information content (AvgIpc) is 2.72. The van der Waals surface area contributed by atoms with E-state index >= 15 is 0 Å². The van der Waals surface area contributed by atoms with Gasteiger partial charge in [0, 0.05) is 30.9 Å². The van der Waals surface area contributed by atoms with Gasteiger partial charge in [-0.3, -0.25) is 0 Å². The van der Waals surface area contributed by atoms with Crippen LogP contribution < -0.4 is 5.32 Å². The summed E-state index contributed by atoms with van der Waals surface area (Å²) in [6.07, 6.45) is 3.45. The van der Waals surface area contributed by atoms with Gasteiger partial charge in [-0.1, -0.05) is 13.8 Å². The molecule has 2 aromatic rings. The number of hydrogen-bond acceptors (Lipinski definition) is 3. The molecule has 3 N–H and O–H groups in total. The lowest BCUT2D eigenvalue weighted by Gasteiger charge is -2.14. The van der Waals surface area contributed by atoms with E-state index in [0.29, 0.717) is 6.54 Å². The van der Waals surface area contributed by atoms with Crippen LogP contribution in [0.1, 0.15) is 19.4 Å². The van der Waals surface area contributed by atoms with Crippen molar-refractivity contribution in [3.8, 4) is 0 Å². The zero-order valence-electron chi connectivity index (χ0n) is 10.3. The first-order valence-corrected chi connectivity index (χ1v) is 5.98. The highest BCUT2D eigenvalue weighted by Crippen LogP contribution is 2.15. The Morgan fingerprint density at radius 1 is 1.47 bits per heavy atom. The molecule has 1 unspecified atom stereocenters. The minimum Gasteiger partial charge on any atom is -0.392 e. The summed E-state index contributed by atoms with van der Waals surface area (Å²) in [7, 11) is 0. The van der Waals surface area contributed by atoms with Gasteiger partial charge in [0.2, 0.25) is 0 Å². The Kier molecular flexibility index (Phi) is 3.76. The Bertz CT molecular complexity index is 478. The summed E-state index contributed by atoms with van der Waals surface area (Å²) in [4.78, 5) is 7.38. The lowest BCUT2D eigenvalue weighted by atomic mass is 10.1. The molecule has 0 saturated carbocycles. The van der Waals surface area contributed by atoms with Crippen molar-refractivity contribution in [2.75, 3.05) is 6.54 Å². The molecule has 4 heteroatoms. The lowest BCUT2D eigenvalue weighted by molar-refractivity contribution is 0.123. The van der Waals surface area contributed by atoms with E-state index in [1.807, 2.05) is 26.1 Å². The maximum atomic E-state index is 9.69. The molecular formula is C13H19N3O. The van der Waals surface area contributed by atoms with E-state index in [2.05, 4.69) is 21.4 Å². The first kappa shape index (κ1) is 12.1. The van der Waals surface area contributed by atoms with E-state index in [9.17, 15) is 5.11 Å². The molecule has 0 aliphatic rings. The van der Waals surface area contributed by atoms with E-state index in [1.54, 1.807) is 6.20 Å². The number of aliphatic hydroxyl groups excluding tert-OH is 1. The second-order valence-corrected chi connectivity index (χ2v) is 4.66. The number of nitrogens with one attached hydrogen (secondary N) is 2. The third-order valence-corrected chi connectivity index (χ3v) is 2.98.